The minimum absolute atomic E-state index is 0.787. The Kier molecular flexibility index (Phi) is 2.60. The molecule has 0 unspecified atom stereocenters. The Bertz CT molecular complexity index is 382. The first-order chi connectivity index (χ1) is 7.84. The van der Waals surface area contributed by atoms with E-state index in [1.165, 1.54) is 43.5 Å². The van der Waals surface area contributed by atoms with Crippen LogP contribution in [0.3, 0.4) is 0 Å². The molecule has 0 aromatic heterocycles. The maximum atomic E-state index is 3.66. The zero-order valence-corrected chi connectivity index (χ0v) is 10.00. The fraction of sp³-hybridized carbons (Fsp3) is 0.571. The highest BCUT2D eigenvalue weighted by Crippen LogP contribution is 2.29. The van der Waals surface area contributed by atoms with Crippen LogP contribution in [0.4, 0.5) is 5.69 Å². The van der Waals surface area contributed by atoms with Crippen LogP contribution in [-0.2, 0) is 13.0 Å². The van der Waals surface area contributed by atoms with Gasteiger partial charge in [-0.3, -0.25) is 0 Å². The molecule has 0 saturated heterocycles. The Morgan fingerprint density at radius 2 is 2.25 bits per heavy atom. The van der Waals surface area contributed by atoms with E-state index in [1.54, 1.807) is 5.56 Å². The predicted molar refractivity (Wildman–Crippen MR) is 67.9 cm³/mol. The van der Waals surface area contributed by atoms with Crippen LogP contribution in [0, 0.1) is 0 Å². The van der Waals surface area contributed by atoms with Crippen molar-refractivity contribution >= 4 is 5.69 Å². The molecule has 0 amide bonds. The van der Waals surface area contributed by atoms with E-state index in [0.717, 1.165) is 12.6 Å². The van der Waals surface area contributed by atoms with Crippen LogP contribution < -0.4 is 10.2 Å². The van der Waals surface area contributed by atoms with Crippen molar-refractivity contribution in [3.05, 3.63) is 29.3 Å². The molecule has 0 bridgehead atoms. The van der Waals surface area contributed by atoms with E-state index in [2.05, 4.69) is 35.5 Å². The molecular weight excluding hydrogens is 196 g/mol. The molecule has 1 aliphatic heterocycles. The van der Waals surface area contributed by atoms with Gasteiger partial charge in [-0.2, -0.15) is 0 Å². The molecule has 2 heteroatoms. The lowest BCUT2D eigenvalue weighted by Crippen LogP contribution is -2.34. The highest BCUT2D eigenvalue weighted by Gasteiger charge is 2.20. The number of nitrogens with zero attached hydrogens (tertiary/aromatic N) is 1. The summed E-state index contributed by atoms with van der Waals surface area (Å²) in [6.07, 6.45) is 5.37. The van der Waals surface area contributed by atoms with E-state index in [-0.39, 0.29) is 0 Å². The summed E-state index contributed by atoms with van der Waals surface area (Å²) >= 11 is 0. The van der Waals surface area contributed by atoms with Crippen LogP contribution in [0.1, 0.15) is 30.4 Å². The molecule has 1 N–H and O–H groups in total. The largest absolute Gasteiger partial charge is 0.374 e. The molecule has 2 aliphatic rings. The molecule has 0 atom stereocenters. The van der Waals surface area contributed by atoms with Gasteiger partial charge in [-0.25, -0.2) is 0 Å². The van der Waals surface area contributed by atoms with E-state index in [4.69, 9.17) is 0 Å². The molecule has 1 aromatic rings. The fourth-order valence-electron chi connectivity index (χ4n) is 2.70. The molecule has 16 heavy (non-hydrogen) atoms. The van der Waals surface area contributed by atoms with Crippen LogP contribution in [0.2, 0.25) is 0 Å². The van der Waals surface area contributed by atoms with Crippen molar-refractivity contribution in [2.75, 3.05) is 18.5 Å². The summed E-state index contributed by atoms with van der Waals surface area (Å²) in [5.41, 5.74) is 4.51. The third-order valence-corrected chi connectivity index (χ3v) is 4.04. The van der Waals surface area contributed by atoms with Crippen LogP contribution >= 0.6 is 0 Å². The number of hydrogen-bond donors (Lipinski definition) is 1. The number of rotatable bonds is 3. The summed E-state index contributed by atoms with van der Waals surface area (Å²) in [6, 6.07) is 7.51. The number of nitrogens with one attached hydrogen (secondary N) is 1. The number of fused-ring (bicyclic) bond motifs is 1. The van der Waals surface area contributed by atoms with Gasteiger partial charge in [-0.15, -0.1) is 0 Å². The first-order valence-corrected chi connectivity index (χ1v) is 6.40. The molecule has 1 fully saturated rings. The maximum absolute atomic E-state index is 3.66. The normalized spacial score (nSPS) is 19.7. The van der Waals surface area contributed by atoms with E-state index in [9.17, 15) is 0 Å². The number of hydrogen-bond acceptors (Lipinski definition) is 2. The van der Waals surface area contributed by atoms with Crippen molar-refractivity contribution in [1.29, 1.82) is 0 Å². The fourth-order valence-corrected chi connectivity index (χ4v) is 2.70. The quantitative estimate of drug-likeness (QED) is 0.834. The molecule has 1 aliphatic carbocycles. The summed E-state index contributed by atoms with van der Waals surface area (Å²) in [6.45, 7) is 2.23. The average Bonchev–Trinajstić information content (AvgIpc) is 2.60. The third-order valence-electron chi connectivity index (χ3n) is 4.04. The topological polar surface area (TPSA) is 15.3 Å². The molecule has 3 rings (SSSR count). The zero-order valence-electron chi connectivity index (χ0n) is 10.00. The highest BCUT2D eigenvalue weighted by atomic mass is 15.1. The monoisotopic (exact) mass is 216 g/mol. The lowest BCUT2D eigenvalue weighted by molar-refractivity contribution is 0.338. The Balaban J connectivity index is 1.74. The Labute approximate surface area is 97.6 Å². The zero-order chi connectivity index (χ0) is 11.0. The van der Waals surface area contributed by atoms with Crippen molar-refractivity contribution in [3.8, 4) is 0 Å². The van der Waals surface area contributed by atoms with E-state index >= 15 is 0 Å². The molecule has 2 nitrogen and oxygen atoms in total. The standard InChI is InChI=1S/C14H20N2/c1-16-9-8-13-11(4-2-7-14(13)16)10-15-12-5-3-6-12/h2,4,7,12,15H,3,5-6,8-10H2,1H3. The van der Waals surface area contributed by atoms with Gasteiger partial charge in [0.15, 0.2) is 0 Å². The number of benzene rings is 1. The van der Waals surface area contributed by atoms with Gasteiger partial charge in [0.25, 0.3) is 0 Å². The average molecular weight is 216 g/mol. The molecule has 1 aromatic carbocycles. The van der Waals surface area contributed by atoms with Crippen molar-refractivity contribution in [2.45, 2.75) is 38.3 Å². The summed E-state index contributed by atoms with van der Waals surface area (Å²) in [5, 5.41) is 3.66. The predicted octanol–water partition coefficient (Wildman–Crippen LogP) is 2.32. The Morgan fingerprint density at radius 3 is 3.00 bits per heavy atom. The molecular formula is C14H20N2. The number of likely N-dealkylation sites (N-methyl/N-ethyl adjacent to an activating group) is 1. The van der Waals surface area contributed by atoms with Crippen LogP contribution in [-0.4, -0.2) is 19.6 Å². The first kappa shape index (κ1) is 10.2. The van der Waals surface area contributed by atoms with Crippen LogP contribution in [0.5, 0.6) is 0 Å². The Hall–Kier alpha value is -1.02. The Morgan fingerprint density at radius 1 is 1.38 bits per heavy atom. The van der Waals surface area contributed by atoms with Crippen molar-refractivity contribution < 1.29 is 0 Å². The summed E-state index contributed by atoms with van der Waals surface area (Å²) in [7, 11) is 2.19. The molecule has 1 heterocycles. The molecule has 86 valence electrons. The van der Waals surface area contributed by atoms with Gasteiger partial charge < -0.3 is 10.2 Å². The van der Waals surface area contributed by atoms with Crippen LogP contribution in [0.25, 0.3) is 0 Å². The SMILES string of the molecule is CN1CCc2c(CNC3CCC3)cccc21. The summed E-state index contributed by atoms with van der Waals surface area (Å²) in [5.74, 6) is 0. The van der Waals surface area contributed by atoms with Gasteiger partial charge >= 0.3 is 0 Å². The van der Waals surface area contributed by atoms with Gasteiger partial charge in [0.1, 0.15) is 0 Å². The van der Waals surface area contributed by atoms with Gasteiger partial charge in [-0.05, 0) is 36.5 Å². The smallest absolute Gasteiger partial charge is 0.0400 e. The van der Waals surface area contributed by atoms with Gasteiger partial charge in [0.2, 0.25) is 0 Å². The van der Waals surface area contributed by atoms with Crippen molar-refractivity contribution in [1.82, 2.24) is 5.32 Å². The lowest BCUT2D eigenvalue weighted by atomic mass is 9.92. The second-order valence-corrected chi connectivity index (χ2v) is 5.10. The highest BCUT2D eigenvalue weighted by molar-refractivity contribution is 5.60. The third kappa shape index (κ3) is 1.71. The van der Waals surface area contributed by atoms with Crippen molar-refractivity contribution in [2.24, 2.45) is 0 Å². The minimum Gasteiger partial charge on any atom is -0.374 e. The first-order valence-electron chi connectivity index (χ1n) is 6.40. The summed E-state index contributed by atoms with van der Waals surface area (Å²) < 4.78 is 0. The number of anilines is 1. The maximum Gasteiger partial charge on any atom is 0.0400 e. The second kappa shape index (κ2) is 4.10. The van der Waals surface area contributed by atoms with Gasteiger partial charge in [0, 0.05) is 31.9 Å². The van der Waals surface area contributed by atoms with Crippen LogP contribution in [0.15, 0.2) is 18.2 Å². The molecule has 0 radical (unpaired) electrons. The van der Waals surface area contributed by atoms with E-state index < -0.39 is 0 Å². The van der Waals surface area contributed by atoms with E-state index in [0.29, 0.717) is 0 Å². The van der Waals surface area contributed by atoms with Gasteiger partial charge in [0.05, 0.1) is 0 Å². The minimum atomic E-state index is 0.787. The second-order valence-electron chi connectivity index (χ2n) is 5.10. The van der Waals surface area contributed by atoms with Crippen molar-refractivity contribution in [3.63, 3.8) is 0 Å². The summed E-state index contributed by atoms with van der Waals surface area (Å²) in [4.78, 5) is 2.36. The molecule has 1 saturated carbocycles. The lowest BCUT2D eigenvalue weighted by Gasteiger charge is -2.27. The van der Waals surface area contributed by atoms with Gasteiger partial charge in [-0.1, -0.05) is 18.6 Å². The van der Waals surface area contributed by atoms with E-state index in [1.807, 2.05) is 0 Å². The molecule has 0 spiro atoms.